The highest BCUT2D eigenvalue weighted by molar-refractivity contribution is 7.89. The molecule has 1 fully saturated rings. The Morgan fingerprint density at radius 2 is 2.04 bits per heavy atom. The number of rotatable bonds is 6. The largest absolute Gasteiger partial charge is 0.466 e. The first-order valence-electron chi connectivity index (χ1n) is 8.06. The number of hydrogen-bond acceptors (Lipinski definition) is 5. The predicted octanol–water partition coefficient (Wildman–Crippen LogP) is 1.93. The van der Waals surface area contributed by atoms with Gasteiger partial charge >= 0.3 is 5.97 Å². The third-order valence-electron chi connectivity index (χ3n) is 4.13. The Bertz CT molecular complexity index is 604. The molecule has 0 bridgehead atoms. The van der Waals surface area contributed by atoms with Gasteiger partial charge in [0.15, 0.2) is 0 Å². The summed E-state index contributed by atoms with van der Waals surface area (Å²) in [5.74, 6) is -0.269. The van der Waals surface area contributed by atoms with Crippen molar-refractivity contribution in [1.29, 1.82) is 0 Å². The molecular formula is C16H24N2O4S. The maximum absolute atomic E-state index is 12.4. The van der Waals surface area contributed by atoms with E-state index in [0.29, 0.717) is 19.0 Å². The molecule has 0 spiro atoms. The van der Waals surface area contributed by atoms with Gasteiger partial charge in [-0.25, -0.2) is 12.7 Å². The fraction of sp³-hybridized carbons (Fsp3) is 0.625. The van der Waals surface area contributed by atoms with Crippen molar-refractivity contribution >= 4 is 16.0 Å². The SMILES string of the molecule is CCOC(=O)CCS(=O)(=O)N1CCCC(c2ccncc2)CC1. The molecule has 1 aromatic rings. The van der Waals surface area contributed by atoms with Crippen LogP contribution in [0.4, 0.5) is 0 Å². The third kappa shape index (κ3) is 5.28. The van der Waals surface area contributed by atoms with E-state index < -0.39 is 16.0 Å². The van der Waals surface area contributed by atoms with Gasteiger partial charge in [0, 0.05) is 25.5 Å². The molecule has 0 saturated carbocycles. The number of ether oxygens (including phenoxy) is 1. The van der Waals surface area contributed by atoms with Crippen LogP contribution < -0.4 is 0 Å². The molecule has 0 aromatic carbocycles. The van der Waals surface area contributed by atoms with E-state index >= 15 is 0 Å². The summed E-state index contributed by atoms with van der Waals surface area (Å²) < 4.78 is 31.1. The van der Waals surface area contributed by atoms with Gasteiger partial charge in [0.25, 0.3) is 0 Å². The number of pyridine rings is 1. The number of esters is 1. The second kappa shape index (κ2) is 8.40. The molecule has 1 atom stereocenters. The van der Waals surface area contributed by atoms with E-state index in [9.17, 15) is 13.2 Å². The van der Waals surface area contributed by atoms with E-state index in [1.165, 1.54) is 9.87 Å². The van der Waals surface area contributed by atoms with Crippen LogP contribution in [-0.2, 0) is 19.6 Å². The molecule has 1 aliphatic rings. The van der Waals surface area contributed by atoms with Gasteiger partial charge in [-0.05, 0) is 49.8 Å². The maximum atomic E-state index is 12.4. The van der Waals surface area contributed by atoms with Crippen molar-refractivity contribution < 1.29 is 17.9 Å². The van der Waals surface area contributed by atoms with E-state index in [2.05, 4.69) is 4.98 Å². The van der Waals surface area contributed by atoms with Crippen LogP contribution in [-0.4, -0.2) is 49.1 Å². The monoisotopic (exact) mass is 340 g/mol. The van der Waals surface area contributed by atoms with E-state index in [0.717, 1.165) is 19.3 Å². The zero-order valence-electron chi connectivity index (χ0n) is 13.5. The van der Waals surface area contributed by atoms with Gasteiger partial charge in [-0.1, -0.05) is 0 Å². The topological polar surface area (TPSA) is 76.6 Å². The molecule has 0 amide bonds. The van der Waals surface area contributed by atoms with Gasteiger partial charge in [0.05, 0.1) is 18.8 Å². The Balaban J connectivity index is 1.92. The molecule has 23 heavy (non-hydrogen) atoms. The average molecular weight is 340 g/mol. The molecule has 1 aromatic heterocycles. The highest BCUT2D eigenvalue weighted by Crippen LogP contribution is 2.28. The minimum atomic E-state index is -3.41. The van der Waals surface area contributed by atoms with Crippen LogP contribution in [0.25, 0.3) is 0 Å². The van der Waals surface area contributed by atoms with E-state index in [-0.39, 0.29) is 18.8 Å². The summed E-state index contributed by atoms with van der Waals surface area (Å²) in [7, 11) is -3.41. The summed E-state index contributed by atoms with van der Waals surface area (Å²) >= 11 is 0. The third-order valence-corrected chi connectivity index (χ3v) is 6.00. The van der Waals surface area contributed by atoms with E-state index in [1.807, 2.05) is 12.1 Å². The standard InChI is InChI=1S/C16H24N2O4S/c1-2-22-16(19)8-13-23(20,21)18-11-3-4-14(7-12-18)15-5-9-17-10-6-15/h5-6,9-10,14H,2-4,7-8,11-13H2,1H3. The Morgan fingerprint density at radius 3 is 2.74 bits per heavy atom. The molecular weight excluding hydrogens is 316 g/mol. The lowest BCUT2D eigenvalue weighted by Crippen LogP contribution is -2.34. The molecule has 7 heteroatoms. The van der Waals surface area contributed by atoms with Gasteiger partial charge < -0.3 is 4.74 Å². The van der Waals surface area contributed by atoms with E-state index in [1.54, 1.807) is 19.3 Å². The fourth-order valence-electron chi connectivity index (χ4n) is 2.89. The van der Waals surface area contributed by atoms with Gasteiger partial charge in [-0.15, -0.1) is 0 Å². The minimum absolute atomic E-state index is 0.0829. The number of carbonyl (C=O) groups excluding carboxylic acids is 1. The van der Waals surface area contributed by atoms with Crippen LogP contribution in [0, 0.1) is 0 Å². The van der Waals surface area contributed by atoms with Crippen molar-refractivity contribution in [2.24, 2.45) is 0 Å². The highest BCUT2D eigenvalue weighted by Gasteiger charge is 2.27. The van der Waals surface area contributed by atoms with Crippen molar-refractivity contribution in [1.82, 2.24) is 9.29 Å². The number of sulfonamides is 1. The van der Waals surface area contributed by atoms with Crippen molar-refractivity contribution in [3.8, 4) is 0 Å². The number of hydrogen-bond donors (Lipinski definition) is 0. The van der Waals surface area contributed by atoms with Crippen molar-refractivity contribution in [3.05, 3.63) is 30.1 Å². The minimum Gasteiger partial charge on any atom is -0.466 e. The lowest BCUT2D eigenvalue weighted by Gasteiger charge is -2.20. The zero-order chi connectivity index (χ0) is 16.7. The molecule has 1 saturated heterocycles. The predicted molar refractivity (Wildman–Crippen MR) is 87.4 cm³/mol. The van der Waals surface area contributed by atoms with Crippen LogP contribution in [0.15, 0.2) is 24.5 Å². The van der Waals surface area contributed by atoms with Crippen molar-refractivity contribution in [2.45, 2.75) is 38.5 Å². The molecule has 2 heterocycles. The van der Waals surface area contributed by atoms with Crippen LogP contribution in [0.3, 0.4) is 0 Å². The van der Waals surface area contributed by atoms with E-state index in [4.69, 9.17) is 4.74 Å². The molecule has 0 radical (unpaired) electrons. The normalized spacial score (nSPS) is 20.0. The second-order valence-corrected chi connectivity index (χ2v) is 7.77. The first-order chi connectivity index (χ1) is 11.0. The van der Waals surface area contributed by atoms with Gasteiger partial charge in [0.1, 0.15) is 0 Å². The fourth-order valence-corrected chi connectivity index (χ4v) is 4.37. The first kappa shape index (κ1) is 17.9. The molecule has 1 unspecified atom stereocenters. The molecule has 1 aliphatic heterocycles. The molecule has 128 valence electrons. The zero-order valence-corrected chi connectivity index (χ0v) is 14.3. The van der Waals surface area contributed by atoms with Crippen LogP contribution >= 0.6 is 0 Å². The summed E-state index contributed by atoms with van der Waals surface area (Å²) in [6.45, 7) is 3.00. The Hall–Kier alpha value is -1.47. The first-order valence-corrected chi connectivity index (χ1v) is 9.67. The Labute approximate surface area is 137 Å². The van der Waals surface area contributed by atoms with Crippen LogP contribution in [0.2, 0.25) is 0 Å². The van der Waals surface area contributed by atoms with Crippen LogP contribution in [0.1, 0.15) is 44.1 Å². The summed E-state index contributed by atoms with van der Waals surface area (Å²) in [6.07, 6.45) is 6.05. The van der Waals surface area contributed by atoms with Gasteiger partial charge in [0.2, 0.25) is 10.0 Å². The maximum Gasteiger partial charge on any atom is 0.306 e. The van der Waals surface area contributed by atoms with Crippen molar-refractivity contribution in [2.75, 3.05) is 25.4 Å². The summed E-state index contributed by atoms with van der Waals surface area (Å²) in [5, 5.41) is 0. The molecule has 0 N–H and O–H groups in total. The Morgan fingerprint density at radius 1 is 1.30 bits per heavy atom. The molecule has 2 rings (SSSR count). The smallest absolute Gasteiger partial charge is 0.306 e. The second-order valence-electron chi connectivity index (χ2n) is 5.68. The number of aromatic nitrogens is 1. The Kier molecular flexibility index (Phi) is 6.53. The van der Waals surface area contributed by atoms with Gasteiger partial charge in [-0.2, -0.15) is 0 Å². The molecule has 6 nitrogen and oxygen atoms in total. The highest BCUT2D eigenvalue weighted by atomic mass is 32.2. The average Bonchev–Trinajstić information content (AvgIpc) is 2.81. The lowest BCUT2D eigenvalue weighted by atomic mass is 9.93. The van der Waals surface area contributed by atoms with Crippen molar-refractivity contribution in [3.63, 3.8) is 0 Å². The summed E-state index contributed by atoms with van der Waals surface area (Å²) in [5.41, 5.74) is 1.21. The molecule has 0 aliphatic carbocycles. The van der Waals surface area contributed by atoms with Crippen LogP contribution in [0.5, 0.6) is 0 Å². The summed E-state index contributed by atoms with van der Waals surface area (Å²) in [6, 6.07) is 3.99. The number of carbonyl (C=O) groups is 1. The van der Waals surface area contributed by atoms with Gasteiger partial charge in [-0.3, -0.25) is 9.78 Å². The quantitative estimate of drug-likeness (QED) is 0.740. The number of nitrogens with zero attached hydrogens (tertiary/aromatic N) is 2. The lowest BCUT2D eigenvalue weighted by molar-refractivity contribution is -0.142. The summed E-state index contributed by atoms with van der Waals surface area (Å²) in [4.78, 5) is 15.4.